The highest BCUT2D eigenvalue weighted by Crippen LogP contribution is 2.18. The molecule has 0 unspecified atom stereocenters. The van der Waals surface area contributed by atoms with Gasteiger partial charge in [-0.25, -0.2) is 0 Å². The molecule has 0 fully saturated rings. The lowest BCUT2D eigenvalue weighted by Crippen LogP contribution is -2.07. The Bertz CT molecular complexity index is 629. The van der Waals surface area contributed by atoms with Gasteiger partial charge in [-0.05, 0) is 54.1 Å². The van der Waals surface area contributed by atoms with Gasteiger partial charge in [0.25, 0.3) is 0 Å². The molecule has 0 N–H and O–H groups in total. The predicted molar refractivity (Wildman–Crippen MR) is 85.8 cm³/mol. The third-order valence-electron chi connectivity index (χ3n) is 2.87. The van der Waals surface area contributed by atoms with Crippen molar-refractivity contribution in [3.05, 3.63) is 54.1 Å². The summed E-state index contributed by atoms with van der Waals surface area (Å²) < 4.78 is 4.98. The number of aliphatic imine (C=N–C) groups is 1. The van der Waals surface area contributed by atoms with E-state index in [2.05, 4.69) is 4.99 Å². The van der Waals surface area contributed by atoms with Gasteiger partial charge in [0.15, 0.2) is 0 Å². The minimum Gasteiger partial charge on any atom is -0.427 e. The second kappa shape index (κ2) is 6.70. The van der Waals surface area contributed by atoms with Gasteiger partial charge < -0.3 is 9.64 Å². The summed E-state index contributed by atoms with van der Waals surface area (Å²) in [4.78, 5) is 17.3. The van der Waals surface area contributed by atoms with Crippen LogP contribution in [-0.4, -0.2) is 26.3 Å². The molecule has 0 saturated heterocycles. The number of esters is 1. The number of anilines is 1. The summed E-state index contributed by atoms with van der Waals surface area (Å²) in [5.74, 6) is 0.215. The molecule has 0 aliphatic rings. The minimum atomic E-state index is -0.322. The maximum absolute atomic E-state index is 10.8. The summed E-state index contributed by atoms with van der Waals surface area (Å²) in [6, 6.07) is 15.2. The third kappa shape index (κ3) is 4.45. The molecule has 0 aromatic heterocycles. The fourth-order valence-corrected chi connectivity index (χ4v) is 1.77. The van der Waals surface area contributed by atoms with Crippen molar-refractivity contribution in [2.75, 3.05) is 19.0 Å². The molecule has 0 heterocycles. The van der Waals surface area contributed by atoms with Crippen molar-refractivity contribution in [2.45, 2.75) is 6.92 Å². The average molecular weight is 282 g/mol. The van der Waals surface area contributed by atoms with Crippen LogP contribution in [0, 0.1) is 0 Å². The molecule has 0 aliphatic carbocycles. The number of carbonyl (C=O) groups is 1. The number of nitrogens with zero attached hydrogens (tertiary/aromatic N) is 2. The normalized spacial score (nSPS) is 10.6. The van der Waals surface area contributed by atoms with Crippen molar-refractivity contribution in [1.29, 1.82) is 0 Å². The molecule has 0 amide bonds. The molecule has 4 nitrogen and oxygen atoms in total. The molecular weight excluding hydrogens is 264 g/mol. The predicted octanol–water partition coefficient (Wildman–Crippen LogP) is 3.43. The Morgan fingerprint density at radius 1 is 1.05 bits per heavy atom. The SMILES string of the molecule is CC(=O)Oc1ccc(C=Nc2ccc(N(C)C)cc2)cc1. The Labute approximate surface area is 124 Å². The lowest BCUT2D eigenvalue weighted by Gasteiger charge is -2.11. The Morgan fingerprint density at radius 2 is 1.67 bits per heavy atom. The second-order valence-corrected chi connectivity index (χ2v) is 4.83. The van der Waals surface area contributed by atoms with E-state index >= 15 is 0 Å². The van der Waals surface area contributed by atoms with Crippen LogP contribution in [0.4, 0.5) is 11.4 Å². The van der Waals surface area contributed by atoms with Gasteiger partial charge >= 0.3 is 5.97 Å². The first-order chi connectivity index (χ1) is 10.0. The summed E-state index contributed by atoms with van der Waals surface area (Å²) in [6.45, 7) is 1.38. The Morgan fingerprint density at radius 3 is 2.19 bits per heavy atom. The number of rotatable bonds is 4. The maximum Gasteiger partial charge on any atom is 0.308 e. The zero-order valence-corrected chi connectivity index (χ0v) is 12.4. The number of hydrogen-bond donors (Lipinski definition) is 0. The van der Waals surface area contributed by atoms with Crippen molar-refractivity contribution >= 4 is 23.6 Å². The van der Waals surface area contributed by atoms with E-state index in [1.165, 1.54) is 6.92 Å². The van der Waals surface area contributed by atoms with Crippen LogP contribution in [0.2, 0.25) is 0 Å². The van der Waals surface area contributed by atoms with Crippen molar-refractivity contribution in [3.8, 4) is 5.75 Å². The molecule has 2 aromatic rings. The average Bonchev–Trinajstić information content (AvgIpc) is 2.46. The van der Waals surface area contributed by atoms with Gasteiger partial charge in [0.2, 0.25) is 0 Å². The summed E-state index contributed by atoms with van der Waals surface area (Å²) in [5.41, 5.74) is 2.98. The van der Waals surface area contributed by atoms with Crippen LogP contribution < -0.4 is 9.64 Å². The van der Waals surface area contributed by atoms with Crippen LogP contribution in [0.15, 0.2) is 53.5 Å². The largest absolute Gasteiger partial charge is 0.427 e. The lowest BCUT2D eigenvalue weighted by molar-refractivity contribution is -0.131. The van der Waals surface area contributed by atoms with Gasteiger partial charge in [0, 0.05) is 32.9 Å². The van der Waals surface area contributed by atoms with Gasteiger partial charge in [-0.3, -0.25) is 9.79 Å². The number of hydrogen-bond acceptors (Lipinski definition) is 4. The molecule has 2 aromatic carbocycles. The van der Waals surface area contributed by atoms with Crippen LogP contribution >= 0.6 is 0 Å². The first-order valence-corrected chi connectivity index (χ1v) is 6.64. The molecule has 108 valence electrons. The van der Waals surface area contributed by atoms with Crippen molar-refractivity contribution in [1.82, 2.24) is 0 Å². The third-order valence-corrected chi connectivity index (χ3v) is 2.87. The highest BCUT2D eigenvalue weighted by Gasteiger charge is 1.97. The van der Waals surface area contributed by atoms with Crippen LogP contribution in [0.3, 0.4) is 0 Å². The zero-order valence-electron chi connectivity index (χ0n) is 12.4. The fourth-order valence-electron chi connectivity index (χ4n) is 1.77. The second-order valence-electron chi connectivity index (χ2n) is 4.83. The lowest BCUT2D eigenvalue weighted by atomic mass is 10.2. The van der Waals surface area contributed by atoms with E-state index in [4.69, 9.17) is 4.74 Å². The quantitative estimate of drug-likeness (QED) is 0.490. The van der Waals surface area contributed by atoms with E-state index in [0.29, 0.717) is 5.75 Å². The fraction of sp³-hybridized carbons (Fsp3) is 0.176. The van der Waals surface area contributed by atoms with Gasteiger partial charge in [-0.15, -0.1) is 0 Å². The van der Waals surface area contributed by atoms with Gasteiger partial charge in [0.1, 0.15) is 5.75 Å². The van der Waals surface area contributed by atoms with Gasteiger partial charge in [0.05, 0.1) is 5.69 Å². The van der Waals surface area contributed by atoms with E-state index in [0.717, 1.165) is 16.9 Å². The highest BCUT2D eigenvalue weighted by molar-refractivity contribution is 5.82. The molecule has 0 saturated carbocycles. The van der Waals surface area contributed by atoms with E-state index < -0.39 is 0 Å². The van der Waals surface area contributed by atoms with Crippen LogP contribution in [0.25, 0.3) is 0 Å². The molecule has 0 bridgehead atoms. The summed E-state index contributed by atoms with van der Waals surface area (Å²) in [6.07, 6.45) is 1.78. The van der Waals surface area contributed by atoms with Crippen LogP contribution in [0.5, 0.6) is 5.75 Å². The Kier molecular flexibility index (Phi) is 4.72. The van der Waals surface area contributed by atoms with Crippen LogP contribution in [-0.2, 0) is 4.79 Å². The van der Waals surface area contributed by atoms with E-state index in [-0.39, 0.29) is 5.97 Å². The van der Waals surface area contributed by atoms with E-state index in [1.54, 1.807) is 18.3 Å². The molecule has 0 spiro atoms. The zero-order chi connectivity index (χ0) is 15.2. The molecule has 2 rings (SSSR count). The van der Waals surface area contributed by atoms with Crippen molar-refractivity contribution in [2.24, 2.45) is 4.99 Å². The standard InChI is InChI=1S/C17H18N2O2/c1-13(20)21-17-10-4-14(5-11-17)12-18-15-6-8-16(9-7-15)19(2)3/h4-12H,1-3H3. The highest BCUT2D eigenvalue weighted by atomic mass is 16.5. The molecular formula is C17H18N2O2. The summed E-state index contributed by atoms with van der Waals surface area (Å²) in [7, 11) is 4.01. The maximum atomic E-state index is 10.8. The number of carbonyl (C=O) groups excluding carboxylic acids is 1. The van der Waals surface area contributed by atoms with Crippen molar-refractivity contribution < 1.29 is 9.53 Å². The number of benzene rings is 2. The first-order valence-electron chi connectivity index (χ1n) is 6.64. The molecule has 0 atom stereocenters. The van der Waals surface area contributed by atoms with Gasteiger partial charge in [-0.2, -0.15) is 0 Å². The Hall–Kier alpha value is -2.62. The first kappa shape index (κ1) is 14.8. The molecule has 4 heteroatoms. The molecule has 0 aliphatic heterocycles. The Balaban J connectivity index is 2.05. The smallest absolute Gasteiger partial charge is 0.308 e. The molecule has 0 radical (unpaired) electrons. The van der Waals surface area contributed by atoms with Crippen LogP contribution in [0.1, 0.15) is 12.5 Å². The minimum absolute atomic E-state index is 0.322. The number of ether oxygens (including phenoxy) is 1. The van der Waals surface area contributed by atoms with E-state index in [1.807, 2.05) is 55.4 Å². The van der Waals surface area contributed by atoms with Crippen molar-refractivity contribution in [3.63, 3.8) is 0 Å². The summed E-state index contributed by atoms with van der Waals surface area (Å²) in [5, 5.41) is 0. The van der Waals surface area contributed by atoms with E-state index in [9.17, 15) is 4.79 Å². The molecule has 21 heavy (non-hydrogen) atoms. The summed E-state index contributed by atoms with van der Waals surface area (Å²) >= 11 is 0. The topological polar surface area (TPSA) is 41.9 Å². The van der Waals surface area contributed by atoms with Gasteiger partial charge in [-0.1, -0.05) is 0 Å². The monoisotopic (exact) mass is 282 g/mol.